The van der Waals surface area contributed by atoms with Crippen molar-refractivity contribution in [1.82, 2.24) is 5.32 Å². The van der Waals surface area contributed by atoms with Gasteiger partial charge >= 0.3 is 0 Å². The molecule has 4 heteroatoms. The van der Waals surface area contributed by atoms with Crippen LogP contribution in [0.2, 0.25) is 0 Å². The van der Waals surface area contributed by atoms with E-state index >= 15 is 0 Å². The van der Waals surface area contributed by atoms with Crippen LogP contribution in [0, 0.1) is 6.92 Å². The third-order valence-electron chi connectivity index (χ3n) is 4.40. The van der Waals surface area contributed by atoms with Crippen LogP contribution in [0.3, 0.4) is 0 Å². The molecule has 1 saturated carbocycles. The van der Waals surface area contributed by atoms with E-state index in [1.54, 1.807) is 11.3 Å². The Morgan fingerprint density at radius 1 is 1.13 bits per heavy atom. The molecule has 1 aromatic heterocycles. The summed E-state index contributed by atoms with van der Waals surface area (Å²) in [5.74, 6) is 0.0833. The third-order valence-corrected chi connectivity index (χ3v) is 5.34. The minimum absolute atomic E-state index is 0.0833. The van der Waals surface area contributed by atoms with Crippen LogP contribution in [0.15, 0.2) is 41.8 Å². The Labute approximate surface area is 142 Å². The summed E-state index contributed by atoms with van der Waals surface area (Å²) in [5, 5.41) is 8.66. The Bertz CT molecular complexity index is 615. The fraction of sp³-hybridized carbons (Fsp3) is 0.421. The smallest absolute Gasteiger partial charge is 0.248 e. The van der Waals surface area contributed by atoms with Crippen molar-refractivity contribution in [3.8, 4) is 0 Å². The molecular weight excluding hydrogens is 304 g/mol. The van der Waals surface area contributed by atoms with Crippen LogP contribution in [0.5, 0.6) is 0 Å². The van der Waals surface area contributed by atoms with Gasteiger partial charge in [-0.1, -0.05) is 43.0 Å². The number of anilines is 1. The lowest BCUT2D eigenvalue weighted by atomic mass is 9.95. The number of carbonyl (C=O) groups excluding carboxylic acids is 1. The first kappa shape index (κ1) is 16.1. The van der Waals surface area contributed by atoms with Crippen molar-refractivity contribution in [3.63, 3.8) is 0 Å². The highest BCUT2D eigenvalue weighted by Crippen LogP contribution is 2.25. The second-order valence-electron chi connectivity index (χ2n) is 6.30. The molecule has 23 heavy (non-hydrogen) atoms. The molecule has 2 N–H and O–H groups in total. The largest absolute Gasteiger partial charge is 0.369 e. The maximum absolute atomic E-state index is 12.8. The normalized spacial score (nSPS) is 16.7. The highest BCUT2D eigenvalue weighted by molar-refractivity contribution is 7.10. The first-order valence-electron chi connectivity index (χ1n) is 8.39. The Morgan fingerprint density at radius 2 is 1.87 bits per heavy atom. The van der Waals surface area contributed by atoms with E-state index in [-0.39, 0.29) is 11.9 Å². The zero-order chi connectivity index (χ0) is 16.1. The summed E-state index contributed by atoms with van der Waals surface area (Å²) in [6.45, 7) is 2.07. The van der Waals surface area contributed by atoms with Crippen LogP contribution in [0.25, 0.3) is 0 Å². The summed E-state index contributed by atoms with van der Waals surface area (Å²) in [5.41, 5.74) is 2.20. The molecule has 2 aromatic rings. The molecular formula is C19H24N2OS. The molecule has 0 bridgehead atoms. The lowest BCUT2D eigenvalue weighted by Gasteiger charge is -2.26. The average molecular weight is 328 g/mol. The molecule has 1 aliphatic carbocycles. The molecule has 1 aliphatic rings. The SMILES string of the molecule is Cc1ccc(NC(C(=O)NC2CCCCC2)c2cccs2)cc1. The predicted molar refractivity (Wildman–Crippen MR) is 96.9 cm³/mol. The molecule has 3 rings (SSSR count). The zero-order valence-electron chi connectivity index (χ0n) is 13.5. The van der Waals surface area contributed by atoms with Crippen molar-refractivity contribution < 1.29 is 4.79 Å². The highest BCUT2D eigenvalue weighted by Gasteiger charge is 2.24. The molecule has 0 radical (unpaired) electrons. The van der Waals surface area contributed by atoms with E-state index in [4.69, 9.17) is 0 Å². The van der Waals surface area contributed by atoms with Crippen LogP contribution in [-0.4, -0.2) is 11.9 Å². The molecule has 1 unspecified atom stereocenters. The molecule has 1 aromatic carbocycles. The van der Waals surface area contributed by atoms with Crippen LogP contribution in [0.1, 0.15) is 48.6 Å². The van der Waals surface area contributed by atoms with Gasteiger partial charge in [0.25, 0.3) is 0 Å². The van der Waals surface area contributed by atoms with Crippen molar-refractivity contribution in [2.75, 3.05) is 5.32 Å². The van der Waals surface area contributed by atoms with E-state index < -0.39 is 0 Å². The van der Waals surface area contributed by atoms with E-state index in [1.807, 2.05) is 29.6 Å². The first-order chi connectivity index (χ1) is 11.2. The highest BCUT2D eigenvalue weighted by atomic mass is 32.1. The minimum atomic E-state index is -0.320. The number of aryl methyl sites for hydroxylation is 1. The third kappa shape index (κ3) is 4.35. The van der Waals surface area contributed by atoms with Gasteiger partial charge in [-0.25, -0.2) is 0 Å². The van der Waals surface area contributed by atoms with E-state index in [0.29, 0.717) is 6.04 Å². The molecule has 1 fully saturated rings. The second-order valence-corrected chi connectivity index (χ2v) is 7.28. The number of rotatable bonds is 5. The Morgan fingerprint density at radius 3 is 2.52 bits per heavy atom. The summed E-state index contributed by atoms with van der Waals surface area (Å²) in [6, 6.07) is 12.2. The van der Waals surface area contributed by atoms with Crippen LogP contribution in [-0.2, 0) is 4.79 Å². The maximum atomic E-state index is 12.8. The molecule has 0 saturated heterocycles. The van der Waals surface area contributed by atoms with E-state index in [9.17, 15) is 4.79 Å². The maximum Gasteiger partial charge on any atom is 0.248 e. The summed E-state index contributed by atoms with van der Waals surface area (Å²) in [4.78, 5) is 13.9. The zero-order valence-corrected chi connectivity index (χ0v) is 14.4. The van der Waals surface area contributed by atoms with Gasteiger partial charge in [0.2, 0.25) is 5.91 Å². The van der Waals surface area contributed by atoms with Gasteiger partial charge in [-0.3, -0.25) is 4.79 Å². The minimum Gasteiger partial charge on any atom is -0.369 e. The van der Waals surface area contributed by atoms with E-state index in [2.05, 4.69) is 29.7 Å². The van der Waals surface area contributed by atoms with Gasteiger partial charge < -0.3 is 10.6 Å². The van der Waals surface area contributed by atoms with Crippen LogP contribution < -0.4 is 10.6 Å². The van der Waals surface area contributed by atoms with Gasteiger partial charge in [0.1, 0.15) is 6.04 Å². The summed E-state index contributed by atoms with van der Waals surface area (Å²) < 4.78 is 0. The van der Waals surface area contributed by atoms with Crippen molar-refractivity contribution in [1.29, 1.82) is 0 Å². The summed E-state index contributed by atoms with van der Waals surface area (Å²) >= 11 is 1.62. The second kappa shape index (κ2) is 7.64. The van der Waals surface area contributed by atoms with Crippen molar-refractivity contribution in [3.05, 3.63) is 52.2 Å². The van der Waals surface area contributed by atoms with Gasteiger partial charge in [0.05, 0.1) is 0 Å². The van der Waals surface area contributed by atoms with Crippen LogP contribution in [0.4, 0.5) is 5.69 Å². The number of carbonyl (C=O) groups is 1. The molecule has 1 amide bonds. The number of hydrogen-bond donors (Lipinski definition) is 2. The Balaban J connectivity index is 1.72. The monoisotopic (exact) mass is 328 g/mol. The fourth-order valence-corrected chi connectivity index (χ4v) is 3.84. The molecule has 1 heterocycles. The van der Waals surface area contributed by atoms with Crippen molar-refractivity contribution >= 4 is 22.9 Å². The van der Waals surface area contributed by atoms with Crippen LogP contribution >= 0.6 is 11.3 Å². The Hall–Kier alpha value is -1.81. The average Bonchev–Trinajstić information content (AvgIpc) is 3.09. The quantitative estimate of drug-likeness (QED) is 0.838. The molecule has 0 aliphatic heterocycles. The topological polar surface area (TPSA) is 41.1 Å². The molecule has 0 spiro atoms. The van der Waals surface area contributed by atoms with Gasteiger partial charge in [-0.2, -0.15) is 0 Å². The lowest BCUT2D eigenvalue weighted by Crippen LogP contribution is -2.41. The number of benzene rings is 1. The molecule has 122 valence electrons. The van der Waals surface area contributed by atoms with E-state index in [0.717, 1.165) is 23.4 Å². The predicted octanol–water partition coefficient (Wildman–Crippen LogP) is 4.66. The number of amides is 1. The lowest BCUT2D eigenvalue weighted by molar-refractivity contribution is -0.122. The number of hydrogen-bond acceptors (Lipinski definition) is 3. The molecule has 3 nitrogen and oxygen atoms in total. The van der Waals surface area contributed by atoms with Crippen molar-refractivity contribution in [2.45, 2.75) is 51.1 Å². The van der Waals surface area contributed by atoms with Gasteiger partial charge in [0, 0.05) is 16.6 Å². The summed E-state index contributed by atoms with van der Waals surface area (Å²) in [7, 11) is 0. The summed E-state index contributed by atoms with van der Waals surface area (Å²) in [6.07, 6.45) is 5.95. The number of thiophene rings is 1. The fourth-order valence-electron chi connectivity index (χ4n) is 3.07. The first-order valence-corrected chi connectivity index (χ1v) is 9.27. The number of nitrogens with one attached hydrogen (secondary N) is 2. The standard InChI is InChI=1S/C19H24N2OS/c1-14-9-11-16(12-10-14)20-18(17-8-5-13-23-17)19(22)21-15-6-3-2-4-7-15/h5,8-13,15,18,20H,2-4,6-7H2,1H3,(H,21,22). The van der Waals surface area contributed by atoms with E-state index in [1.165, 1.54) is 24.8 Å². The van der Waals surface area contributed by atoms with Gasteiger partial charge in [0.15, 0.2) is 0 Å². The Kier molecular flexibility index (Phi) is 5.34. The molecule has 1 atom stereocenters. The van der Waals surface area contributed by atoms with Gasteiger partial charge in [-0.15, -0.1) is 11.3 Å². The van der Waals surface area contributed by atoms with Crippen molar-refractivity contribution in [2.24, 2.45) is 0 Å². The van der Waals surface area contributed by atoms with Gasteiger partial charge in [-0.05, 0) is 43.3 Å².